The Morgan fingerprint density at radius 3 is 2.69 bits per heavy atom. The third-order valence-corrected chi connectivity index (χ3v) is 2.45. The number of allylic oxidation sites excluding steroid dienone is 10. The van der Waals surface area contributed by atoms with Crippen molar-refractivity contribution in [3.05, 3.63) is 72.4 Å². The maximum atomic E-state index is 4.05. The molecule has 0 fully saturated rings. The van der Waals surface area contributed by atoms with Crippen LogP contribution in [0, 0.1) is 5.92 Å². The highest BCUT2D eigenvalue weighted by Crippen LogP contribution is 2.34. The smallest absolute Gasteiger partial charge is 0.0333 e. The number of rotatable bonds is 1. The molecule has 0 aromatic carbocycles. The first-order valence-electron chi connectivity index (χ1n) is 4.40. The fourth-order valence-corrected chi connectivity index (χ4v) is 1.80. The van der Waals surface area contributed by atoms with Crippen LogP contribution < -0.4 is 0 Å². The lowest BCUT2D eigenvalue weighted by Crippen LogP contribution is -2.11. The highest BCUT2D eigenvalue weighted by atomic mass is 14.2. The first kappa shape index (κ1) is 8.06. The van der Waals surface area contributed by atoms with Crippen molar-refractivity contribution in [2.45, 2.75) is 0 Å². The van der Waals surface area contributed by atoms with Gasteiger partial charge < -0.3 is 0 Å². The Morgan fingerprint density at radius 2 is 1.92 bits per heavy atom. The van der Waals surface area contributed by atoms with Gasteiger partial charge in [-0.15, -0.1) is 0 Å². The van der Waals surface area contributed by atoms with E-state index in [-0.39, 0.29) is 0 Å². The van der Waals surface area contributed by atoms with Crippen molar-refractivity contribution in [1.82, 2.24) is 0 Å². The van der Waals surface area contributed by atoms with Gasteiger partial charge in [0.15, 0.2) is 0 Å². The summed E-state index contributed by atoms with van der Waals surface area (Å²) in [5, 5.41) is 0. The zero-order valence-corrected chi connectivity index (χ0v) is 7.53. The summed E-state index contributed by atoms with van der Waals surface area (Å²) in [6.45, 7) is 7.86. The Balaban J connectivity index is 2.48. The first-order valence-corrected chi connectivity index (χ1v) is 4.40. The molecule has 64 valence electrons. The average Bonchev–Trinajstić information content (AvgIpc) is 2.17. The van der Waals surface area contributed by atoms with Gasteiger partial charge in [-0.25, -0.2) is 0 Å². The van der Waals surface area contributed by atoms with Gasteiger partial charge in [-0.2, -0.15) is 0 Å². The van der Waals surface area contributed by atoms with Crippen molar-refractivity contribution in [2.24, 2.45) is 5.92 Å². The quantitative estimate of drug-likeness (QED) is 0.563. The molecule has 0 radical (unpaired) electrons. The molecule has 0 N–H and O–H groups in total. The molecule has 0 aromatic rings. The van der Waals surface area contributed by atoms with Crippen molar-refractivity contribution in [2.75, 3.05) is 0 Å². The molecule has 2 rings (SSSR count). The van der Waals surface area contributed by atoms with Crippen LogP contribution in [-0.2, 0) is 0 Å². The van der Waals surface area contributed by atoms with Gasteiger partial charge in [0.05, 0.1) is 0 Å². The van der Waals surface area contributed by atoms with Crippen LogP contribution in [0.3, 0.4) is 0 Å². The normalized spacial score (nSPS) is 24.9. The van der Waals surface area contributed by atoms with E-state index in [2.05, 4.69) is 43.5 Å². The van der Waals surface area contributed by atoms with Crippen LogP contribution in [0.25, 0.3) is 0 Å². The Morgan fingerprint density at radius 1 is 1.15 bits per heavy atom. The maximum absolute atomic E-state index is 4.05. The van der Waals surface area contributed by atoms with Crippen molar-refractivity contribution < 1.29 is 0 Å². The van der Waals surface area contributed by atoms with Crippen LogP contribution in [0.5, 0.6) is 0 Å². The van der Waals surface area contributed by atoms with Crippen molar-refractivity contribution in [3.8, 4) is 0 Å². The largest absolute Gasteiger partial charge is 0.0988 e. The topological polar surface area (TPSA) is 0 Å². The fourth-order valence-electron chi connectivity index (χ4n) is 1.80. The molecule has 0 heteroatoms. The van der Waals surface area contributed by atoms with E-state index in [1.165, 1.54) is 11.1 Å². The second kappa shape index (κ2) is 3.06. The lowest BCUT2D eigenvalue weighted by molar-refractivity contribution is 0.892. The van der Waals surface area contributed by atoms with Crippen LogP contribution in [0.1, 0.15) is 0 Å². The van der Waals surface area contributed by atoms with E-state index in [1.807, 2.05) is 12.2 Å². The molecule has 1 unspecified atom stereocenters. The zero-order valence-electron chi connectivity index (χ0n) is 7.53. The number of fused-ring (bicyclic) bond motifs is 1. The molecule has 0 saturated heterocycles. The minimum Gasteiger partial charge on any atom is -0.0988 e. The Labute approximate surface area is 79.0 Å². The molecule has 13 heavy (non-hydrogen) atoms. The van der Waals surface area contributed by atoms with E-state index >= 15 is 0 Å². The minimum atomic E-state index is 0.340. The zero-order chi connectivity index (χ0) is 9.26. The highest BCUT2D eigenvalue weighted by Gasteiger charge is 2.20. The molecule has 2 aliphatic rings. The summed E-state index contributed by atoms with van der Waals surface area (Å²) in [5.74, 6) is 0.340. The van der Waals surface area contributed by atoms with Gasteiger partial charge in [0.2, 0.25) is 0 Å². The van der Waals surface area contributed by atoms with Crippen molar-refractivity contribution >= 4 is 0 Å². The van der Waals surface area contributed by atoms with Gasteiger partial charge in [-0.1, -0.05) is 55.7 Å². The molecule has 1 atom stereocenters. The van der Waals surface area contributed by atoms with Gasteiger partial charge >= 0.3 is 0 Å². The molecule has 0 bridgehead atoms. The molecule has 0 heterocycles. The summed E-state index contributed by atoms with van der Waals surface area (Å²) in [6.07, 6.45) is 14.4. The monoisotopic (exact) mass is 168 g/mol. The summed E-state index contributed by atoms with van der Waals surface area (Å²) in [4.78, 5) is 0. The molecule has 0 spiro atoms. The van der Waals surface area contributed by atoms with Gasteiger partial charge in [0.25, 0.3) is 0 Å². The molecular formula is C13H12. The predicted molar refractivity (Wildman–Crippen MR) is 57.3 cm³/mol. The van der Waals surface area contributed by atoms with Crippen LogP contribution in [0.15, 0.2) is 72.4 Å². The summed E-state index contributed by atoms with van der Waals surface area (Å²) >= 11 is 0. The van der Waals surface area contributed by atoms with Crippen LogP contribution in [0.4, 0.5) is 0 Å². The van der Waals surface area contributed by atoms with E-state index in [0.717, 1.165) is 5.57 Å². The number of hydrogen-bond acceptors (Lipinski definition) is 0. The van der Waals surface area contributed by atoms with Gasteiger partial charge in [-0.05, 0) is 16.7 Å². The van der Waals surface area contributed by atoms with Gasteiger partial charge in [0, 0.05) is 5.92 Å². The second-order valence-electron chi connectivity index (χ2n) is 3.26. The molecule has 0 amide bonds. The summed E-state index contributed by atoms with van der Waals surface area (Å²) in [5.41, 5.74) is 3.70. The molecule has 0 aliphatic heterocycles. The molecular weight excluding hydrogens is 156 g/mol. The highest BCUT2D eigenvalue weighted by molar-refractivity contribution is 5.53. The van der Waals surface area contributed by atoms with E-state index in [9.17, 15) is 0 Å². The molecule has 0 saturated carbocycles. The van der Waals surface area contributed by atoms with Crippen molar-refractivity contribution in [3.63, 3.8) is 0 Å². The Bertz CT molecular complexity index is 365. The molecule has 0 aromatic heterocycles. The van der Waals surface area contributed by atoms with E-state index in [4.69, 9.17) is 0 Å². The van der Waals surface area contributed by atoms with E-state index in [0.29, 0.717) is 5.92 Å². The van der Waals surface area contributed by atoms with E-state index in [1.54, 1.807) is 0 Å². The second-order valence-corrected chi connectivity index (χ2v) is 3.26. The van der Waals surface area contributed by atoms with Gasteiger partial charge in [-0.3, -0.25) is 0 Å². The lowest BCUT2D eigenvalue weighted by Gasteiger charge is -2.25. The summed E-state index contributed by atoms with van der Waals surface area (Å²) in [7, 11) is 0. The SMILES string of the molecule is C=CC1=CC=CC2=CC=CC(=C)C12. The summed E-state index contributed by atoms with van der Waals surface area (Å²) in [6, 6.07) is 0. The third kappa shape index (κ3) is 1.25. The third-order valence-electron chi connectivity index (χ3n) is 2.45. The van der Waals surface area contributed by atoms with Crippen molar-refractivity contribution in [1.29, 1.82) is 0 Å². The first-order chi connectivity index (χ1) is 6.33. The Hall–Kier alpha value is -1.56. The average molecular weight is 168 g/mol. The van der Waals surface area contributed by atoms with E-state index < -0.39 is 0 Å². The lowest BCUT2D eigenvalue weighted by atomic mass is 9.79. The fraction of sp³-hybridized carbons (Fsp3) is 0.0769. The van der Waals surface area contributed by atoms with Gasteiger partial charge in [0.1, 0.15) is 0 Å². The number of hydrogen-bond donors (Lipinski definition) is 0. The predicted octanol–water partition coefficient (Wildman–Crippen LogP) is 3.34. The molecule has 0 nitrogen and oxygen atoms in total. The summed E-state index contributed by atoms with van der Waals surface area (Å²) < 4.78 is 0. The Kier molecular flexibility index (Phi) is 1.90. The minimum absolute atomic E-state index is 0.340. The van der Waals surface area contributed by atoms with Crippen LogP contribution >= 0.6 is 0 Å². The van der Waals surface area contributed by atoms with Crippen LogP contribution in [-0.4, -0.2) is 0 Å². The molecule has 2 aliphatic carbocycles. The van der Waals surface area contributed by atoms with Crippen LogP contribution in [0.2, 0.25) is 0 Å². The standard InChI is InChI=1S/C13H12/c1-3-11-7-5-9-12-8-4-6-10(2)13(11)12/h3-9,13H,1-2H2. The maximum Gasteiger partial charge on any atom is 0.0333 e.